The van der Waals surface area contributed by atoms with Crippen molar-refractivity contribution in [3.8, 4) is 6.07 Å². The molecule has 1 rings (SSSR count). The van der Waals surface area contributed by atoms with Crippen molar-refractivity contribution in [3.63, 3.8) is 0 Å². The number of aromatic nitrogens is 1. The molecular weight excluding hydrogens is 148 g/mol. The maximum atomic E-state index is 8.48. The van der Waals surface area contributed by atoms with Crippen molar-refractivity contribution in [1.29, 1.82) is 5.26 Å². The van der Waals surface area contributed by atoms with Crippen molar-refractivity contribution in [2.75, 3.05) is 6.61 Å². The van der Waals surface area contributed by atoms with Crippen molar-refractivity contribution in [1.82, 2.24) is 4.98 Å². The third-order valence-electron chi connectivity index (χ3n) is 1.02. The lowest BCUT2D eigenvalue weighted by molar-refractivity contribution is 0.298. The van der Waals surface area contributed by atoms with E-state index >= 15 is 0 Å². The number of thiazole rings is 1. The molecule has 0 saturated carbocycles. The summed E-state index contributed by atoms with van der Waals surface area (Å²) in [5, 5.41) is 19.1. The van der Waals surface area contributed by atoms with Gasteiger partial charge in [-0.15, -0.1) is 11.3 Å². The van der Waals surface area contributed by atoms with Gasteiger partial charge in [-0.3, -0.25) is 0 Å². The molecule has 52 valence electrons. The minimum absolute atomic E-state index is 0.0919. The highest BCUT2D eigenvalue weighted by atomic mass is 32.1. The fourth-order valence-electron chi connectivity index (χ4n) is 0.588. The molecule has 0 aromatic carbocycles. The van der Waals surface area contributed by atoms with Crippen molar-refractivity contribution in [2.24, 2.45) is 0 Å². The zero-order valence-electron chi connectivity index (χ0n) is 5.24. The van der Waals surface area contributed by atoms with E-state index in [1.54, 1.807) is 5.38 Å². The fourth-order valence-corrected chi connectivity index (χ4v) is 1.23. The summed E-state index contributed by atoms with van der Waals surface area (Å²) in [5.41, 5.74) is 0.795. The molecule has 0 fully saturated rings. The van der Waals surface area contributed by atoms with E-state index in [9.17, 15) is 0 Å². The Labute approximate surface area is 62.6 Å². The quantitative estimate of drug-likeness (QED) is 0.676. The molecule has 1 aromatic rings. The van der Waals surface area contributed by atoms with Crippen LogP contribution in [0.1, 0.15) is 10.7 Å². The molecule has 3 nitrogen and oxygen atoms in total. The van der Waals surface area contributed by atoms with Crippen LogP contribution in [0.4, 0.5) is 0 Å². The van der Waals surface area contributed by atoms with Crippen LogP contribution in [0.25, 0.3) is 0 Å². The summed E-state index contributed by atoms with van der Waals surface area (Å²) in [4.78, 5) is 3.92. The molecule has 0 aliphatic heterocycles. The molecule has 4 heteroatoms. The second-order valence-electron chi connectivity index (χ2n) is 1.73. The van der Waals surface area contributed by atoms with Crippen LogP contribution >= 0.6 is 11.3 Å². The van der Waals surface area contributed by atoms with Gasteiger partial charge in [0.05, 0.1) is 5.69 Å². The Morgan fingerprint density at radius 1 is 1.80 bits per heavy atom. The van der Waals surface area contributed by atoms with Gasteiger partial charge >= 0.3 is 0 Å². The van der Waals surface area contributed by atoms with Gasteiger partial charge in [-0.25, -0.2) is 4.98 Å². The second-order valence-corrected chi connectivity index (χ2v) is 2.59. The Balaban J connectivity index is 2.71. The van der Waals surface area contributed by atoms with Gasteiger partial charge < -0.3 is 5.11 Å². The largest absolute Gasteiger partial charge is 0.396 e. The molecule has 0 bridgehead atoms. The van der Waals surface area contributed by atoms with E-state index in [0.717, 1.165) is 5.69 Å². The van der Waals surface area contributed by atoms with E-state index in [4.69, 9.17) is 10.4 Å². The third-order valence-corrected chi connectivity index (χ3v) is 1.81. The zero-order valence-corrected chi connectivity index (χ0v) is 6.06. The van der Waals surface area contributed by atoms with Crippen LogP contribution in [0.3, 0.4) is 0 Å². The Kier molecular flexibility index (Phi) is 2.37. The van der Waals surface area contributed by atoms with Gasteiger partial charge in [-0.05, 0) is 0 Å². The molecule has 0 atom stereocenters. The lowest BCUT2D eigenvalue weighted by Crippen LogP contribution is -1.89. The summed E-state index contributed by atoms with van der Waals surface area (Å²) in [7, 11) is 0. The average Bonchev–Trinajstić information content (AvgIpc) is 2.37. The van der Waals surface area contributed by atoms with Gasteiger partial charge in [0.2, 0.25) is 0 Å². The molecule has 1 aromatic heterocycles. The minimum atomic E-state index is 0.0919. The Morgan fingerprint density at radius 2 is 2.60 bits per heavy atom. The highest BCUT2D eigenvalue weighted by molar-refractivity contribution is 7.10. The van der Waals surface area contributed by atoms with Crippen molar-refractivity contribution >= 4 is 11.3 Å². The van der Waals surface area contributed by atoms with E-state index < -0.39 is 0 Å². The van der Waals surface area contributed by atoms with Crippen molar-refractivity contribution in [3.05, 3.63) is 16.1 Å². The van der Waals surface area contributed by atoms with Gasteiger partial charge in [0.15, 0.2) is 5.01 Å². The van der Waals surface area contributed by atoms with Crippen LogP contribution < -0.4 is 0 Å². The topological polar surface area (TPSA) is 56.9 Å². The zero-order chi connectivity index (χ0) is 7.40. The van der Waals surface area contributed by atoms with E-state index in [2.05, 4.69) is 4.98 Å². The number of nitriles is 1. The lowest BCUT2D eigenvalue weighted by Gasteiger charge is -1.85. The summed E-state index contributed by atoms with van der Waals surface area (Å²) in [5.74, 6) is 0. The first kappa shape index (κ1) is 7.19. The SMILES string of the molecule is N#Cc1nc(CCO)cs1. The van der Waals surface area contributed by atoms with Crippen molar-refractivity contribution in [2.45, 2.75) is 6.42 Å². The first-order chi connectivity index (χ1) is 4.86. The molecule has 0 amide bonds. The summed E-state index contributed by atoms with van der Waals surface area (Å²) in [6, 6.07) is 1.93. The lowest BCUT2D eigenvalue weighted by atomic mass is 10.4. The summed E-state index contributed by atoms with van der Waals surface area (Å²) < 4.78 is 0. The van der Waals surface area contributed by atoms with Gasteiger partial charge in [0.1, 0.15) is 6.07 Å². The van der Waals surface area contributed by atoms with E-state index in [1.165, 1.54) is 11.3 Å². The first-order valence-electron chi connectivity index (χ1n) is 2.82. The normalized spacial score (nSPS) is 9.20. The molecule has 0 saturated heterocycles. The summed E-state index contributed by atoms with van der Waals surface area (Å²) in [6.07, 6.45) is 0.540. The molecular formula is C6H6N2OS. The molecule has 1 N–H and O–H groups in total. The molecule has 0 spiro atoms. The third kappa shape index (κ3) is 1.53. The van der Waals surface area contributed by atoms with Crippen molar-refractivity contribution < 1.29 is 5.11 Å². The smallest absolute Gasteiger partial charge is 0.194 e. The number of aliphatic hydroxyl groups is 1. The van der Waals surface area contributed by atoms with Gasteiger partial charge in [0.25, 0.3) is 0 Å². The van der Waals surface area contributed by atoms with Gasteiger partial charge in [-0.2, -0.15) is 5.26 Å². The van der Waals surface area contributed by atoms with Gasteiger partial charge in [0, 0.05) is 18.4 Å². The molecule has 0 unspecified atom stereocenters. The number of rotatable bonds is 2. The fraction of sp³-hybridized carbons (Fsp3) is 0.333. The maximum Gasteiger partial charge on any atom is 0.194 e. The van der Waals surface area contributed by atoms with Crippen LogP contribution in [-0.4, -0.2) is 16.7 Å². The van der Waals surface area contributed by atoms with Crippen LogP contribution in [0.15, 0.2) is 5.38 Å². The van der Waals surface area contributed by atoms with E-state index in [-0.39, 0.29) is 6.61 Å². The van der Waals surface area contributed by atoms with Gasteiger partial charge in [-0.1, -0.05) is 0 Å². The summed E-state index contributed by atoms with van der Waals surface area (Å²) >= 11 is 1.31. The first-order valence-corrected chi connectivity index (χ1v) is 3.70. The highest BCUT2D eigenvalue weighted by Crippen LogP contribution is 2.07. The standard InChI is InChI=1S/C6H6N2OS/c7-3-6-8-5(1-2-9)4-10-6/h4,9H,1-2H2. The van der Waals surface area contributed by atoms with E-state index in [0.29, 0.717) is 11.4 Å². The second kappa shape index (κ2) is 3.30. The van der Waals surface area contributed by atoms with Crippen LogP contribution in [0, 0.1) is 11.3 Å². The van der Waals surface area contributed by atoms with Crippen LogP contribution in [0.5, 0.6) is 0 Å². The van der Waals surface area contributed by atoms with E-state index in [1.807, 2.05) is 6.07 Å². The molecule has 0 aliphatic carbocycles. The molecule has 0 aliphatic rings. The molecule has 1 heterocycles. The molecule has 0 radical (unpaired) electrons. The Hall–Kier alpha value is -0.920. The maximum absolute atomic E-state index is 8.48. The summed E-state index contributed by atoms with van der Waals surface area (Å²) in [6.45, 7) is 0.0919. The monoisotopic (exact) mass is 154 g/mol. The number of hydrogen-bond donors (Lipinski definition) is 1. The Bertz CT molecular complexity index is 250. The predicted molar refractivity (Wildman–Crippen MR) is 37.6 cm³/mol. The molecule has 10 heavy (non-hydrogen) atoms. The Morgan fingerprint density at radius 3 is 3.10 bits per heavy atom. The predicted octanol–water partition coefficient (Wildman–Crippen LogP) is 0.550. The van der Waals surface area contributed by atoms with Crippen LogP contribution in [0.2, 0.25) is 0 Å². The average molecular weight is 154 g/mol. The number of hydrogen-bond acceptors (Lipinski definition) is 4. The van der Waals surface area contributed by atoms with Crippen LogP contribution in [-0.2, 0) is 6.42 Å². The number of aliphatic hydroxyl groups excluding tert-OH is 1. The minimum Gasteiger partial charge on any atom is -0.396 e. The number of nitrogens with zero attached hydrogens (tertiary/aromatic N) is 2. The highest BCUT2D eigenvalue weighted by Gasteiger charge is 1.98.